The molecule has 0 unspecified atom stereocenters. The van der Waals surface area contributed by atoms with Crippen molar-refractivity contribution in [2.45, 2.75) is 103 Å². The summed E-state index contributed by atoms with van der Waals surface area (Å²) in [6, 6.07) is 21.7. The van der Waals surface area contributed by atoms with Crippen LogP contribution in [0, 0.1) is 5.92 Å². The number of halogens is 1. The molecule has 3 aromatic rings. The van der Waals surface area contributed by atoms with E-state index in [0.717, 1.165) is 14.9 Å². The zero-order valence-electron chi connectivity index (χ0n) is 29.0. The van der Waals surface area contributed by atoms with Crippen molar-refractivity contribution in [3.63, 3.8) is 0 Å². The number of alkyl halides is 1. The predicted molar refractivity (Wildman–Crippen MR) is 189 cm³/mol. The monoisotopic (exact) mass is 666 g/mol. The molecule has 1 saturated heterocycles. The third-order valence-corrected chi connectivity index (χ3v) is 18.9. The summed E-state index contributed by atoms with van der Waals surface area (Å²) >= 11 is 0. The average Bonchev–Trinajstić information content (AvgIpc) is 3.23. The molecule has 46 heavy (non-hydrogen) atoms. The molecule has 2 heterocycles. The Morgan fingerprint density at radius 1 is 0.935 bits per heavy atom. The van der Waals surface area contributed by atoms with Gasteiger partial charge in [-0.25, -0.2) is 9.18 Å². The quantitative estimate of drug-likeness (QED) is 0.202. The second-order valence-corrected chi connectivity index (χ2v) is 24.3. The summed E-state index contributed by atoms with van der Waals surface area (Å²) in [5.41, 5.74) is -2.71. The Morgan fingerprint density at radius 3 is 1.93 bits per heavy atom. The van der Waals surface area contributed by atoms with Crippen LogP contribution in [0.3, 0.4) is 0 Å². The Hall–Kier alpha value is -2.90. The van der Waals surface area contributed by atoms with Gasteiger partial charge in [-0.05, 0) is 39.5 Å². The number of aromatic nitrogens is 2. The molecule has 1 N–H and O–H groups in total. The minimum atomic E-state index is -3.08. The number of H-pyrrole nitrogens is 1. The summed E-state index contributed by atoms with van der Waals surface area (Å²) in [7, 11) is -5.68. The Kier molecular flexibility index (Phi) is 10.4. The van der Waals surface area contributed by atoms with Crippen molar-refractivity contribution in [2.24, 2.45) is 5.92 Å². The van der Waals surface area contributed by atoms with E-state index in [2.05, 4.69) is 83.9 Å². The molecular formula is C36H51FN2O5Si2. The first-order valence-electron chi connectivity index (χ1n) is 16.1. The first-order chi connectivity index (χ1) is 21.3. The summed E-state index contributed by atoms with van der Waals surface area (Å²) in [4.78, 5) is 27.2. The van der Waals surface area contributed by atoms with E-state index in [-0.39, 0.29) is 22.6 Å². The van der Waals surface area contributed by atoms with Gasteiger partial charge in [0.15, 0.2) is 20.7 Å². The van der Waals surface area contributed by atoms with Gasteiger partial charge in [-0.2, -0.15) is 0 Å². The van der Waals surface area contributed by atoms with E-state index < -0.39 is 52.0 Å². The fourth-order valence-electron chi connectivity index (χ4n) is 5.91. The lowest BCUT2D eigenvalue weighted by Gasteiger charge is -2.46. The molecule has 1 fully saturated rings. The van der Waals surface area contributed by atoms with E-state index in [1.807, 2.05) is 62.4 Å². The number of allylic oxidation sites excluding steroid dienone is 1. The standard InChI is InChI=1S/C36H51FN2O5Si2/c1-26(2)21-23-36(25-42-46(35(6,7)8,27-17-13-11-14-18-27)28-19-15-12-16-20-28)31(44-45(9,10)34(3,4)5)30(37)32(43-36)39-24-22-29(40)38-33(39)41/h11-24,26,30-32H,25H2,1-10H3,(H,38,40,41)/b23-21+/t30-,31+,32-,36-/m1/s1. The van der Waals surface area contributed by atoms with Gasteiger partial charge in [0.05, 0.1) is 6.61 Å². The van der Waals surface area contributed by atoms with Crippen molar-refractivity contribution in [2.75, 3.05) is 6.61 Å². The number of benzene rings is 2. The Balaban J connectivity index is 1.95. The Bertz CT molecular complexity index is 1570. The van der Waals surface area contributed by atoms with Gasteiger partial charge in [-0.3, -0.25) is 14.3 Å². The number of nitrogens with zero attached hydrogens (tertiary/aromatic N) is 1. The van der Waals surface area contributed by atoms with Crippen LogP contribution >= 0.6 is 0 Å². The summed E-state index contributed by atoms with van der Waals surface area (Å²) in [5.74, 6) is 0.120. The van der Waals surface area contributed by atoms with Gasteiger partial charge in [0.2, 0.25) is 0 Å². The van der Waals surface area contributed by atoms with E-state index in [1.165, 1.54) is 12.3 Å². The molecule has 1 aliphatic heterocycles. The van der Waals surface area contributed by atoms with Crippen LogP contribution in [0.2, 0.25) is 23.2 Å². The van der Waals surface area contributed by atoms with Crippen molar-refractivity contribution in [1.82, 2.24) is 9.55 Å². The molecule has 4 rings (SSSR count). The van der Waals surface area contributed by atoms with Crippen LogP contribution in [0.4, 0.5) is 4.39 Å². The number of aromatic amines is 1. The molecule has 0 amide bonds. The van der Waals surface area contributed by atoms with E-state index in [9.17, 15) is 9.59 Å². The third-order valence-electron chi connectivity index (χ3n) is 9.43. The molecule has 4 atom stereocenters. The van der Waals surface area contributed by atoms with Crippen LogP contribution in [-0.2, 0) is 13.6 Å². The fraction of sp³-hybridized carbons (Fsp3) is 0.500. The number of ether oxygens (including phenoxy) is 1. The number of rotatable bonds is 10. The highest BCUT2D eigenvalue weighted by Gasteiger charge is 2.61. The molecule has 0 aliphatic carbocycles. The van der Waals surface area contributed by atoms with Crippen LogP contribution < -0.4 is 21.6 Å². The van der Waals surface area contributed by atoms with E-state index >= 15 is 4.39 Å². The number of nitrogens with one attached hydrogen (secondary N) is 1. The van der Waals surface area contributed by atoms with E-state index in [1.54, 1.807) is 0 Å². The van der Waals surface area contributed by atoms with Crippen molar-refractivity contribution in [1.29, 1.82) is 0 Å². The normalized spacial score (nSPS) is 23.0. The van der Waals surface area contributed by atoms with E-state index in [4.69, 9.17) is 13.6 Å². The highest BCUT2D eigenvalue weighted by molar-refractivity contribution is 6.99. The maximum Gasteiger partial charge on any atom is 0.330 e. The lowest BCUT2D eigenvalue weighted by Crippen LogP contribution is -2.68. The summed E-state index contributed by atoms with van der Waals surface area (Å²) in [6.45, 7) is 21.1. The Labute approximate surface area is 275 Å². The molecule has 2 aromatic carbocycles. The van der Waals surface area contributed by atoms with Crippen LogP contribution in [0.5, 0.6) is 0 Å². The van der Waals surface area contributed by atoms with Crippen molar-refractivity contribution >= 4 is 27.0 Å². The molecule has 0 saturated carbocycles. The molecule has 10 heteroatoms. The van der Waals surface area contributed by atoms with Crippen molar-refractivity contribution < 1.29 is 18.0 Å². The highest BCUT2D eigenvalue weighted by Crippen LogP contribution is 2.48. The maximum atomic E-state index is 17.1. The van der Waals surface area contributed by atoms with Gasteiger partial charge in [-0.15, -0.1) is 0 Å². The minimum absolute atomic E-state index is 0.0161. The lowest BCUT2D eigenvalue weighted by molar-refractivity contribution is -0.0933. The fourth-order valence-corrected chi connectivity index (χ4v) is 11.8. The summed E-state index contributed by atoms with van der Waals surface area (Å²) < 4.78 is 39.3. The molecule has 7 nitrogen and oxygen atoms in total. The van der Waals surface area contributed by atoms with Crippen LogP contribution in [0.15, 0.2) is 94.7 Å². The minimum Gasteiger partial charge on any atom is -0.407 e. The first-order valence-corrected chi connectivity index (χ1v) is 20.9. The van der Waals surface area contributed by atoms with Gasteiger partial charge >= 0.3 is 5.69 Å². The molecule has 250 valence electrons. The molecule has 1 aromatic heterocycles. The second-order valence-electron chi connectivity index (χ2n) is 15.3. The smallest absolute Gasteiger partial charge is 0.330 e. The van der Waals surface area contributed by atoms with Crippen LogP contribution in [-0.4, -0.2) is 50.7 Å². The Morgan fingerprint density at radius 2 is 1.48 bits per heavy atom. The van der Waals surface area contributed by atoms with Crippen LogP contribution in [0.25, 0.3) is 0 Å². The second kappa shape index (κ2) is 13.3. The molecule has 0 bridgehead atoms. The number of hydrogen-bond acceptors (Lipinski definition) is 5. The summed E-state index contributed by atoms with van der Waals surface area (Å²) in [5, 5.41) is 1.60. The third kappa shape index (κ3) is 7.01. The predicted octanol–water partition coefficient (Wildman–Crippen LogP) is 6.32. The van der Waals surface area contributed by atoms with Crippen LogP contribution in [0.1, 0.15) is 61.6 Å². The molecule has 0 spiro atoms. The molecule has 1 aliphatic rings. The average molecular weight is 667 g/mol. The summed E-state index contributed by atoms with van der Waals surface area (Å²) in [6.07, 6.45) is 0.979. The zero-order chi connectivity index (χ0) is 34.1. The molecular weight excluding hydrogens is 616 g/mol. The van der Waals surface area contributed by atoms with E-state index in [0.29, 0.717) is 0 Å². The topological polar surface area (TPSA) is 82.5 Å². The SMILES string of the molecule is CC(C)/C=C/[C@]1(CO[Si](c2ccccc2)(c2ccccc2)C(C)(C)C)O[C@@H](n2ccc(=O)[nH]c2=O)[C@H](F)[C@@H]1O[Si](C)(C)C(C)(C)C. The first kappa shape index (κ1) is 35.9. The van der Waals surface area contributed by atoms with Gasteiger partial charge in [0, 0.05) is 12.3 Å². The molecule has 0 radical (unpaired) electrons. The largest absolute Gasteiger partial charge is 0.407 e. The van der Waals surface area contributed by atoms with Gasteiger partial charge in [0.25, 0.3) is 13.9 Å². The maximum absolute atomic E-state index is 17.1. The van der Waals surface area contributed by atoms with Gasteiger partial charge in [0.1, 0.15) is 11.7 Å². The lowest BCUT2D eigenvalue weighted by atomic mass is 9.94. The van der Waals surface area contributed by atoms with Gasteiger partial charge in [-0.1, -0.05) is 128 Å². The highest BCUT2D eigenvalue weighted by atomic mass is 28.4. The zero-order valence-corrected chi connectivity index (χ0v) is 31.0. The van der Waals surface area contributed by atoms with Crippen molar-refractivity contribution in [3.8, 4) is 0 Å². The van der Waals surface area contributed by atoms with Crippen molar-refractivity contribution in [3.05, 3.63) is 106 Å². The number of hydrogen-bond donors (Lipinski definition) is 1. The van der Waals surface area contributed by atoms with Gasteiger partial charge < -0.3 is 13.6 Å².